The molecule has 1 rings (SSSR count). The van der Waals surface area contributed by atoms with Crippen molar-refractivity contribution in [1.29, 1.82) is 0 Å². The first kappa shape index (κ1) is 17.0. The van der Waals surface area contributed by atoms with Crippen LogP contribution in [-0.2, 0) is 0 Å². The summed E-state index contributed by atoms with van der Waals surface area (Å²) in [6.45, 7) is 6.88. The van der Waals surface area contributed by atoms with Gasteiger partial charge in [0.25, 0.3) is 5.91 Å². The van der Waals surface area contributed by atoms with Gasteiger partial charge in [0.15, 0.2) is 16.6 Å². The summed E-state index contributed by atoms with van der Waals surface area (Å²) in [6, 6.07) is 3.15. The molecule has 1 aromatic rings. The molecule has 21 heavy (non-hydrogen) atoms. The summed E-state index contributed by atoms with van der Waals surface area (Å²) in [4.78, 5) is 12.0. The summed E-state index contributed by atoms with van der Waals surface area (Å²) in [7, 11) is 0. The molecule has 0 radical (unpaired) electrons. The van der Waals surface area contributed by atoms with Gasteiger partial charge in [0.2, 0.25) is 5.75 Å². The lowest BCUT2D eigenvalue weighted by molar-refractivity contribution is 0.0976. The highest BCUT2D eigenvalue weighted by Gasteiger charge is 2.18. The van der Waals surface area contributed by atoms with Crippen molar-refractivity contribution in [3.05, 3.63) is 17.7 Å². The first-order valence-electron chi connectivity index (χ1n) is 6.70. The molecule has 0 fully saturated rings. The van der Waals surface area contributed by atoms with Gasteiger partial charge in [0.1, 0.15) is 0 Å². The summed E-state index contributed by atoms with van der Waals surface area (Å²) in [5.74, 6) is 0.942. The predicted octanol–water partition coefficient (Wildman–Crippen LogP) is 1.86. The minimum absolute atomic E-state index is 0.0928. The molecule has 0 aromatic heterocycles. The van der Waals surface area contributed by atoms with Crippen molar-refractivity contribution < 1.29 is 19.0 Å². The van der Waals surface area contributed by atoms with Crippen molar-refractivity contribution in [2.75, 3.05) is 19.8 Å². The maximum atomic E-state index is 12.0. The molecule has 3 N–H and O–H groups in total. The molecule has 0 spiro atoms. The van der Waals surface area contributed by atoms with Gasteiger partial charge in [-0.05, 0) is 45.1 Å². The van der Waals surface area contributed by atoms with Crippen LogP contribution in [0.1, 0.15) is 31.1 Å². The molecule has 6 nitrogen and oxygen atoms in total. The van der Waals surface area contributed by atoms with E-state index in [9.17, 15) is 4.79 Å². The SMILES string of the molecule is CCOc1cc(C(=O)NC(N)=S)cc(OCC)c1OCC. The van der Waals surface area contributed by atoms with Crippen molar-refractivity contribution in [2.24, 2.45) is 5.73 Å². The molecule has 1 aromatic carbocycles. The van der Waals surface area contributed by atoms with Crippen molar-refractivity contribution >= 4 is 23.2 Å². The van der Waals surface area contributed by atoms with Crippen molar-refractivity contribution in [3.63, 3.8) is 0 Å². The number of rotatable bonds is 7. The number of hydrogen-bond donors (Lipinski definition) is 2. The van der Waals surface area contributed by atoms with Crippen LogP contribution in [0.15, 0.2) is 12.1 Å². The summed E-state index contributed by atoms with van der Waals surface area (Å²) in [6.07, 6.45) is 0. The van der Waals surface area contributed by atoms with Gasteiger partial charge in [0, 0.05) is 5.56 Å². The minimum Gasteiger partial charge on any atom is -0.490 e. The van der Waals surface area contributed by atoms with Gasteiger partial charge in [0.05, 0.1) is 19.8 Å². The molecule has 0 atom stereocenters. The zero-order valence-corrected chi connectivity index (χ0v) is 13.2. The Bertz CT molecular complexity index is 493. The average molecular weight is 312 g/mol. The molecular formula is C14H20N2O4S. The number of carbonyl (C=O) groups excluding carboxylic acids is 1. The highest BCUT2D eigenvalue weighted by atomic mass is 32.1. The molecular weight excluding hydrogens is 292 g/mol. The second-order valence-electron chi connectivity index (χ2n) is 3.92. The summed E-state index contributed by atoms with van der Waals surface area (Å²) in [5, 5.41) is 2.27. The van der Waals surface area contributed by atoms with Gasteiger partial charge in [-0.1, -0.05) is 0 Å². The van der Waals surface area contributed by atoms with E-state index in [1.807, 2.05) is 20.8 Å². The number of benzene rings is 1. The summed E-state index contributed by atoms with van der Waals surface area (Å²) < 4.78 is 16.6. The minimum atomic E-state index is -0.424. The average Bonchev–Trinajstić information content (AvgIpc) is 2.41. The highest BCUT2D eigenvalue weighted by molar-refractivity contribution is 7.80. The fourth-order valence-electron chi connectivity index (χ4n) is 1.70. The Kier molecular flexibility index (Phi) is 6.74. The third-order valence-electron chi connectivity index (χ3n) is 2.41. The van der Waals surface area contributed by atoms with Crippen molar-refractivity contribution in [3.8, 4) is 17.2 Å². The number of carbonyl (C=O) groups is 1. The number of hydrogen-bond acceptors (Lipinski definition) is 5. The van der Waals surface area contributed by atoms with E-state index in [-0.39, 0.29) is 5.11 Å². The van der Waals surface area contributed by atoms with Crippen LogP contribution in [0, 0.1) is 0 Å². The molecule has 0 aliphatic carbocycles. The lowest BCUT2D eigenvalue weighted by Gasteiger charge is -2.16. The molecule has 0 heterocycles. The van der Waals surface area contributed by atoms with Crippen LogP contribution >= 0.6 is 12.2 Å². The van der Waals surface area contributed by atoms with E-state index in [0.717, 1.165) is 0 Å². The van der Waals surface area contributed by atoms with Gasteiger partial charge in [-0.2, -0.15) is 0 Å². The Morgan fingerprint density at radius 3 is 1.95 bits per heavy atom. The Balaban J connectivity index is 3.27. The van der Waals surface area contributed by atoms with Crippen LogP contribution in [0.2, 0.25) is 0 Å². The fourth-order valence-corrected chi connectivity index (χ4v) is 1.80. The molecule has 0 saturated carbocycles. The molecule has 116 valence electrons. The maximum Gasteiger partial charge on any atom is 0.257 e. The van der Waals surface area contributed by atoms with Gasteiger partial charge in [-0.15, -0.1) is 0 Å². The molecule has 1 amide bonds. The van der Waals surface area contributed by atoms with Gasteiger partial charge in [-0.3, -0.25) is 10.1 Å². The third-order valence-corrected chi connectivity index (χ3v) is 2.51. The second kappa shape index (κ2) is 8.31. The largest absolute Gasteiger partial charge is 0.490 e. The monoisotopic (exact) mass is 312 g/mol. The second-order valence-corrected chi connectivity index (χ2v) is 4.36. The van der Waals surface area contributed by atoms with E-state index in [2.05, 4.69) is 17.5 Å². The summed E-state index contributed by atoms with van der Waals surface area (Å²) in [5.41, 5.74) is 5.65. The van der Waals surface area contributed by atoms with E-state index in [4.69, 9.17) is 19.9 Å². The van der Waals surface area contributed by atoms with Crippen molar-refractivity contribution in [1.82, 2.24) is 5.32 Å². The smallest absolute Gasteiger partial charge is 0.257 e. The number of ether oxygens (including phenoxy) is 3. The molecule has 0 saturated heterocycles. The lowest BCUT2D eigenvalue weighted by atomic mass is 10.1. The van der Waals surface area contributed by atoms with E-state index in [1.54, 1.807) is 12.1 Å². The number of nitrogens with one attached hydrogen (secondary N) is 1. The standard InChI is InChI=1S/C14H20N2O4S/c1-4-18-10-7-9(13(17)16-14(15)21)8-11(19-5-2)12(10)20-6-3/h7-8H,4-6H2,1-3H3,(H3,15,16,17,21). The van der Waals surface area contributed by atoms with Crippen LogP contribution in [0.25, 0.3) is 0 Å². The van der Waals surface area contributed by atoms with Crippen LogP contribution in [0.4, 0.5) is 0 Å². The first-order valence-corrected chi connectivity index (χ1v) is 7.11. The maximum absolute atomic E-state index is 12.0. The van der Waals surface area contributed by atoms with Crippen LogP contribution in [0.5, 0.6) is 17.2 Å². The van der Waals surface area contributed by atoms with Crippen LogP contribution in [0.3, 0.4) is 0 Å². The molecule has 0 bridgehead atoms. The Labute approximate surface area is 129 Å². The zero-order valence-electron chi connectivity index (χ0n) is 12.4. The van der Waals surface area contributed by atoms with E-state index >= 15 is 0 Å². The van der Waals surface area contributed by atoms with Gasteiger partial charge < -0.3 is 19.9 Å². The topological polar surface area (TPSA) is 82.8 Å². The van der Waals surface area contributed by atoms with Crippen LogP contribution < -0.4 is 25.3 Å². The predicted molar refractivity (Wildman–Crippen MR) is 84.2 cm³/mol. The highest BCUT2D eigenvalue weighted by Crippen LogP contribution is 2.39. The Morgan fingerprint density at radius 2 is 1.57 bits per heavy atom. The molecule has 0 aliphatic heterocycles. The summed E-state index contributed by atoms with van der Waals surface area (Å²) >= 11 is 4.67. The fraction of sp³-hybridized carbons (Fsp3) is 0.429. The normalized spacial score (nSPS) is 9.86. The molecule has 7 heteroatoms. The Morgan fingerprint density at radius 1 is 1.10 bits per heavy atom. The molecule has 0 aliphatic rings. The lowest BCUT2D eigenvalue weighted by Crippen LogP contribution is -2.34. The molecule has 0 unspecified atom stereocenters. The van der Waals surface area contributed by atoms with Gasteiger partial charge >= 0.3 is 0 Å². The van der Waals surface area contributed by atoms with E-state index < -0.39 is 5.91 Å². The van der Waals surface area contributed by atoms with E-state index in [0.29, 0.717) is 42.6 Å². The number of nitrogens with two attached hydrogens (primary N) is 1. The van der Waals surface area contributed by atoms with Gasteiger partial charge in [-0.25, -0.2) is 0 Å². The number of amides is 1. The third kappa shape index (κ3) is 4.78. The zero-order chi connectivity index (χ0) is 15.8. The van der Waals surface area contributed by atoms with E-state index in [1.165, 1.54) is 0 Å². The van der Waals surface area contributed by atoms with Crippen LogP contribution in [-0.4, -0.2) is 30.8 Å². The Hall–Kier alpha value is -2.02. The first-order chi connectivity index (χ1) is 10.0. The number of thiocarbonyl (C=S) groups is 1. The van der Waals surface area contributed by atoms with Crippen molar-refractivity contribution in [2.45, 2.75) is 20.8 Å². The quantitative estimate of drug-likeness (QED) is 0.748.